The summed E-state index contributed by atoms with van der Waals surface area (Å²) in [6, 6.07) is 3.50. The molecule has 17 heavy (non-hydrogen) atoms. The molecule has 2 rings (SSSR count). The quantitative estimate of drug-likeness (QED) is 0.800. The molecule has 0 aromatic carbocycles. The molecule has 1 aliphatic rings. The Morgan fingerprint density at radius 3 is 2.82 bits per heavy atom. The van der Waals surface area contributed by atoms with Gasteiger partial charge in [-0.2, -0.15) is 0 Å². The zero-order chi connectivity index (χ0) is 12.4. The van der Waals surface area contributed by atoms with E-state index in [1.165, 1.54) is 4.90 Å². The number of carbonyl (C=O) groups excluding carboxylic acids is 1. The Hall–Kier alpha value is -2.11. The van der Waals surface area contributed by atoms with E-state index in [4.69, 9.17) is 5.11 Å². The highest BCUT2D eigenvalue weighted by molar-refractivity contribution is 5.99. The molecule has 1 fully saturated rings. The number of carbonyl (C=O) groups is 2. The average Bonchev–Trinajstić information content (AvgIpc) is 2.72. The van der Waals surface area contributed by atoms with Crippen molar-refractivity contribution >= 4 is 23.4 Å². The van der Waals surface area contributed by atoms with Gasteiger partial charge in [-0.1, -0.05) is 0 Å². The van der Waals surface area contributed by atoms with Gasteiger partial charge in [0.05, 0.1) is 17.8 Å². The Morgan fingerprint density at radius 1 is 1.59 bits per heavy atom. The minimum absolute atomic E-state index is 0.0586. The number of amides is 1. The maximum Gasteiger partial charge on any atom is 0.308 e. The lowest BCUT2D eigenvalue weighted by molar-refractivity contribution is -0.141. The number of anilines is 2. The second-order valence-electron chi connectivity index (χ2n) is 3.90. The molecule has 0 bridgehead atoms. The number of rotatable bonds is 3. The summed E-state index contributed by atoms with van der Waals surface area (Å²) in [5.41, 5.74) is 0.637. The van der Waals surface area contributed by atoms with Crippen LogP contribution in [-0.2, 0) is 9.59 Å². The topological polar surface area (TPSA) is 82.5 Å². The number of pyridine rings is 1. The molecule has 1 aliphatic heterocycles. The first-order valence-corrected chi connectivity index (χ1v) is 5.29. The van der Waals surface area contributed by atoms with Gasteiger partial charge in [-0.05, 0) is 12.1 Å². The molecular weight excluding hydrogens is 222 g/mol. The summed E-state index contributed by atoms with van der Waals surface area (Å²) >= 11 is 0. The minimum atomic E-state index is -0.930. The molecule has 1 aromatic rings. The molecule has 0 saturated carbocycles. The van der Waals surface area contributed by atoms with Crippen molar-refractivity contribution in [2.75, 3.05) is 23.8 Å². The summed E-state index contributed by atoms with van der Waals surface area (Å²) in [4.78, 5) is 28.0. The van der Waals surface area contributed by atoms with Crippen molar-refractivity contribution in [1.82, 2.24) is 4.98 Å². The van der Waals surface area contributed by atoms with E-state index in [2.05, 4.69) is 10.3 Å². The third-order valence-electron chi connectivity index (χ3n) is 2.79. The number of nitrogens with one attached hydrogen (secondary N) is 1. The van der Waals surface area contributed by atoms with Crippen LogP contribution in [0.2, 0.25) is 0 Å². The molecule has 1 saturated heterocycles. The van der Waals surface area contributed by atoms with Gasteiger partial charge in [-0.15, -0.1) is 0 Å². The lowest BCUT2D eigenvalue weighted by Gasteiger charge is -2.15. The summed E-state index contributed by atoms with van der Waals surface area (Å²) in [6.45, 7) is 0.217. The van der Waals surface area contributed by atoms with Crippen molar-refractivity contribution in [1.29, 1.82) is 0 Å². The van der Waals surface area contributed by atoms with Gasteiger partial charge in [0.1, 0.15) is 5.82 Å². The maximum atomic E-state index is 11.7. The Balaban J connectivity index is 2.17. The number of carboxylic acid groups (broad SMARTS) is 1. The monoisotopic (exact) mass is 235 g/mol. The van der Waals surface area contributed by atoms with Gasteiger partial charge >= 0.3 is 5.97 Å². The van der Waals surface area contributed by atoms with E-state index in [1.807, 2.05) is 0 Å². The molecule has 1 atom stereocenters. The smallest absolute Gasteiger partial charge is 0.308 e. The van der Waals surface area contributed by atoms with Crippen molar-refractivity contribution in [3.8, 4) is 0 Å². The fourth-order valence-electron chi connectivity index (χ4n) is 1.82. The highest BCUT2D eigenvalue weighted by Crippen LogP contribution is 2.25. The molecule has 1 amide bonds. The fraction of sp³-hybridized carbons (Fsp3) is 0.364. The fourth-order valence-corrected chi connectivity index (χ4v) is 1.82. The van der Waals surface area contributed by atoms with E-state index in [0.29, 0.717) is 11.5 Å². The molecule has 0 radical (unpaired) electrons. The van der Waals surface area contributed by atoms with Gasteiger partial charge in [-0.3, -0.25) is 9.59 Å². The predicted molar refractivity (Wildman–Crippen MR) is 61.9 cm³/mol. The van der Waals surface area contributed by atoms with Gasteiger partial charge in [0.2, 0.25) is 5.91 Å². The zero-order valence-electron chi connectivity index (χ0n) is 9.38. The molecule has 90 valence electrons. The zero-order valence-corrected chi connectivity index (χ0v) is 9.38. The van der Waals surface area contributed by atoms with E-state index in [1.54, 1.807) is 25.4 Å². The van der Waals surface area contributed by atoms with Crippen molar-refractivity contribution in [3.63, 3.8) is 0 Å². The van der Waals surface area contributed by atoms with Crippen LogP contribution >= 0.6 is 0 Å². The molecule has 6 nitrogen and oxygen atoms in total. The van der Waals surface area contributed by atoms with Crippen LogP contribution in [0.25, 0.3) is 0 Å². The van der Waals surface area contributed by atoms with Crippen molar-refractivity contribution in [2.24, 2.45) is 5.92 Å². The van der Waals surface area contributed by atoms with E-state index >= 15 is 0 Å². The Kier molecular flexibility index (Phi) is 2.95. The molecule has 0 aliphatic carbocycles. The Morgan fingerprint density at radius 2 is 2.35 bits per heavy atom. The van der Waals surface area contributed by atoms with Crippen LogP contribution in [0.15, 0.2) is 18.3 Å². The second kappa shape index (κ2) is 4.40. The summed E-state index contributed by atoms with van der Waals surface area (Å²) in [5, 5.41) is 11.7. The number of hydrogen-bond donors (Lipinski definition) is 2. The number of carboxylic acids is 1. The number of aromatic nitrogens is 1. The lowest BCUT2D eigenvalue weighted by atomic mass is 10.1. The van der Waals surface area contributed by atoms with Crippen LogP contribution in [-0.4, -0.2) is 35.6 Å². The largest absolute Gasteiger partial charge is 0.481 e. The number of aliphatic carboxylic acids is 1. The first kappa shape index (κ1) is 11.4. The van der Waals surface area contributed by atoms with Gasteiger partial charge in [-0.25, -0.2) is 4.98 Å². The normalized spacial score (nSPS) is 19.5. The van der Waals surface area contributed by atoms with Gasteiger partial charge in [0.25, 0.3) is 0 Å². The number of hydrogen-bond acceptors (Lipinski definition) is 4. The minimum Gasteiger partial charge on any atom is -0.481 e. The molecule has 0 spiro atoms. The van der Waals surface area contributed by atoms with E-state index in [9.17, 15) is 9.59 Å². The molecular formula is C11H13N3O3. The SMILES string of the molecule is CNc1ccc(N2CC(C(=O)O)CC2=O)cn1. The van der Waals surface area contributed by atoms with Crippen LogP contribution in [0.3, 0.4) is 0 Å². The molecule has 1 aromatic heterocycles. The van der Waals surface area contributed by atoms with Gasteiger partial charge in [0.15, 0.2) is 0 Å². The third-order valence-corrected chi connectivity index (χ3v) is 2.79. The van der Waals surface area contributed by atoms with Gasteiger partial charge in [0, 0.05) is 20.0 Å². The third kappa shape index (κ3) is 2.20. The van der Waals surface area contributed by atoms with Crippen molar-refractivity contribution in [2.45, 2.75) is 6.42 Å². The maximum absolute atomic E-state index is 11.7. The van der Waals surface area contributed by atoms with Crippen molar-refractivity contribution in [3.05, 3.63) is 18.3 Å². The lowest BCUT2D eigenvalue weighted by Crippen LogP contribution is -2.25. The first-order chi connectivity index (χ1) is 8.11. The van der Waals surface area contributed by atoms with Gasteiger partial charge < -0.3 is 15.3 Å². The van der Waals surface area contributed by atoms with Crippen LogP contribution < -0.4 is 10.2 Å². The average molecular weight is 235 g/mol. The summed E-state index contributed by atoms with van der Waals surface area (Å²) in [6.07, 6.45) is 1.62. The summed E-state index contributed by atoms with van der Waals surface area (Å²) < 4.78 is 0. The van der Waals surface area contributed by atoms with E-state index in [-0.39, 0.29) is 18.9 Å². The molecule has 2 N–H and O–H groups in total. The van der Waals surface area contributed by atoms with E-state index < -0.39 is 11.9 Å². The van der Waals surface area contributed by atoms with Crippen LogP contribution in [0.1, 0.15) is 6.42 Å². The van der Waals surface area contributed by atoms with Crippen molar-refractivity contribution < 1.29 is 14.7 Å². The molecule has 6 heteroatoms. The highest BCUT2D eigenvalue weighted by atomic mass is 16.4. The standard InChI is InChI=1S/C11H13N3O3/c1-12-9-3-2-8(5-13-9)14-6-7(11(16)17)4-10(14)15/h2-3,5,7H,4,6H2,1H3,(H,12,13)(H,16,17). The highest BCUT2D eigenvalue weighted by Gasteiger charge is 2.35. The second-order valence-corrected chi connectivity index (χ2v) is 3.90. The van der Waals surface area contributed by atoms with Crippen LogP contribution in [0.5, 0.6) is 0 Å². The van der Waals surface area contributed by atoms with Crippen LogP contribution in [0, 0.1) is 5.92 Å². The van der Waals surface area contributed by atoms with Crippen LogP contribution in [0.4, 0.5) is 11.5 Å². The Labute approximate surface area is 98.3 Å². The molecule has 1 unspecified atom stereocenters. The first-order valence-electron chi connectivity index (χ1n) is 5.29. The number of nitrogens with zero attached hydrogens (tertiary/aromatic N) is 2. The van der Waals surface area contributed by atoms with E-state index in [0.717, 1.165) is 0 Å². The summed E-state index contributed by atoms with van der Waals surface area (Å²) in [7, 11) is 1.75. The Bertz CT molecular complexity index is 444. The molecule has 2 heterocycles. The predicted octanol–water partition coefficient (Wildman–Crippen LogP) is 0.561. The summed E-state index contributed by atoms with van der Waals surface area (Å²) in [5.74, 6) is -1.02.